The molecule has 1 atom stereocenters. The van der Waals surface area contributed by atoms with Gasteiger partial charge in [-0.25, -0.2) is 4.79 Å². The van der Waals surface area contributed by atoms with Crippen molar-refractivity contribution in [1.29, 1.82) is 0 Å². The van der Waals surface area contributed by atoms with Crippen LogP contribution in [0.2, 0.25) is 0 Å². The first-order valence-electron chi connectivity index (χ1n) is 7.12. The molecule has 0 aliphatic carbocycles. The van der Waals surface area contributed by atoms with Gasteiger partial charge in [0.1, 0.15) is 5.60 Å². The number of ether oxygens (including phenoxy) is 2. The summed E-state index contributed by atoms with van der Waals surface area (Å²) in [5.41, 5.74) is -0.417. The van der Waals surface area contributed by atoms with Crippen molar-refractivity contribution in [2.75, 3.05) is 33.4 Å². The maximum atomic E-state index is 12.0. The van der Waals surface area contributed by atoms with Gasteiger partial charge < -0.3 is 19.7 Å². The molecule has 0 bridgehead atoms. The monoisotopic (exact) mass is 272 g/mol. The largest absolute Gasteiger partial charge is 0.444 e. The minimum absolute atomic E-state index is 0.190. The normalized spacial score (nSPS) is 21.1. The van der Waals surface area contributed by atoms with Gasteiger partial charge in [0.25, 0.3) is 0 Å². The Hall–Kier alpha value is -0.810. The summed E-state index contributed by atoms with van der Waals surface area (Å²) in [4.78, 5) is 13.8. The lowest BCUT2D eigenvalue weighted by Crippen LogP contribution is -2.38. The SMILES string of the molecule is COCCN[C@H]1CCCN(C(=O)OC(C)(C)C)CC1. The molecule has 5 heteroatoms. The summed E-state index contributed by atoms with van der Waals surface area (Å²) in [5.74, 6) is 0. The van der Waals surface area contributed by atoms with Crippen LogP contribution < -0.4 is 5.32 Å². The highest BCUT2D eigenvalue weighted by Gasteiger charge is 2.24. The molecule has 5 nitrogen and oxygen atoms in total. The van der Waals surface area contributed by atoms with Gasteiger partial charge in [-0.15, -0.1) is 0 Å². The summed E-state index contributed by atoms with van der Waals surface area (Å²) in [5, 5.41) is 3.47. The molecule has 1 rings (SSSR count). The summed E-state index contributed by atoms with van der Waals surface area (Å²) in [6.45, 7) is 8.85. The number of carbonyl (C=O) groups is 1. The van der Waals surface area contributed by atoms with Crippen LogP contribution in [0.1, 0.15) is 40.0 Å². The number of nitrogens with zero attached hydrogens (tertiary/aromatic N) is 1. The molecule has 1 heterocycles. The molecule has 0 saturated carbocycles. The second-order valence-corrected chi connectivity index (χ2v) is 6.04. The van der Waals surface area contributed by atoms with E-state index >= 15 is 0 Å². The molecule has 0 aromatic heterocycles. The van der Waals surface area contributed by atoms with E-state index in [0.717, 1.165) is 45.5 Å². The number of hydrogen-bond donors (Lipinski definition) is 1. The zero-order valence-corrected chi connectivity index (χ0v) is 12.7. The quantitative estimate of drug-likeness (QED) is 0.795. The summed E-state index contributed by atoms with van der Waals surface area (Å²) in [7, 11) is 1.71. The first-order chi connectivity index (χ1) is 8.92. The van der Waals surface area contributed by atoms with Crippen LogP contribution in [0.3, 0.4) is 0 Å². The number of rotatable bonds is 4. The fraction of sp³-hybridized carbons (Fsp3) is 0.929. The highest BCUT2D eigenvalue weighted by Crippen LogP contribution is 2.15. The summed E-state index contributed by atoms with van der Waals surface area (Å²) >= 11 is 0. The fourth-order valence-electron chi connectivity index (χ4n) is 2.17. The summed E-state index contributed by atoms with van der Waals surface area (Å²) in [6.07, 6.45) is 2.90. The molecule has 1 amide bonds. The highest BCUT2D eigenvalue weighted by atomic mass is 16.6. The third kappa shape index (κ3) is 6.78. The van der Waals surface area contributed by atoms with Crippen LogP contribution in [0.4, 0.5) is 4.79 Å². The van der Waals surface area contributed by atoms with Gasteiger partial charge in [0.15, 0.2) is 0 Å². The number of hydrogen-bond acceptors (Lipinski definition) is 4. The third-order valence-electron chi connectivity index (χ3n) is 3.12. The molecular weight excluding hydrogens is 244 g/mol. The van der Waals surface area contributed by atoms with Gasteiger partial charge in [0.2, 0.25) is 0 Å². The van der Waals surface area contributed by atoms with Crippen LogP contribution in [0.5, 0.6) is 0 Å². The molecular formula is C14H28N2O3. The Balaban J connectivity index is 2.34. The number of likely N-dealkylation sites (tertiary alicyclic amines) is 1. The average Bonchev–Trinajstić information content (AvgIpc) is 2.53. The minimum atomic E-state index is -0.417. The van der Waals surface area contributed by atoms with E-state index in [-0.39, 0.29) is 6.09 Å². The van der Waals surface area contributed by atoms with Crippen molar-refractivity contribution in [2.24, 2.45) is 0 Å². The van der Waals surface area contributed by atoms with Gasteiger partial charge in [0, 0.05) is 32.8 Å². The Kier molecular flexibility index (Phi) is 6.58. The zero-order chi connectivity index (χ0) is 14.3. The van der Waals surface area contributed by atoms with Gasteiger partial charge >= 0.3 is 6.09 Å². The third-order valence-corrected chi connectivity index (χ3v) is 3.12. The van der Waals surface area contributed by atoms with Crippen molar-refractivity contribution in [3.8, 4) is 0 Å². The topological polar surface area (TPSA) is 50.8 Å². The van der Waals surface area contributed by atoms with Crippen LogP contribution in [0, 0.1) is 0 Å². The fourth-order valence-corrected chi connectivity index (χ4v) is 2.17. The van der Waals surface area contributed by atoms with Gasteiger partial charge in [-0.1, -0.05) is 0 Å². The minimum Gasteiger partial charge on any atom is -0.444 e. The van der Waals surface area contributed by atoms with Crippen LogP contribution >= 0.6 is 0 Å². The van der Waals surface area contributed by atoms with E-state index in [0.29, 0.717) is 6.04 Å². The van der Waals surface area contributed by atoms with Crippen molar-refractivity contribution in [3.05, 3.63) is 0 Å². The molecule has 0 radical (unpaired) electrons. The van der Waals surface area contributed by atoms with E-state index in [1.807, 2.05) is 25.7 Å². The summed E-state index contributed by atoms with van der Waals surface area (Å²) in [6, 6.07) is 0.475. The maximum Gasteiger partial charge on any atom is 0.410 e. The molecule has 0 unspecified atom stereocenters. The van der Waals surface area contributed by atoms with Crippen LogP contribution in [-0.4, -0.2) is 56.0 Å². The molecule has 0 spiro atoms. The first kappa shape index (κ1) is 16.2. The van der Waals surface area contributed by atoms with Crippen molar-refractivity contribution in [1.82, 2.24) is 10.2 Å². The van der Waals surface area contributed by atoms with Crippen LogP contribution in [0.25, 0.3) is 0 Å². The zero-order valence-electron chi connectivity index (χ0n) is 12.7. The van der Waals surface area contributed by atoms with Crippen LogP contribution in [-0.2, 0) is 9.47 Å². The Morgan fingerprint density at radius 2 is 2.05 bits per heavy atom. The Morgan fingerprint density at radius 3 is 2.68 bits per heavy atom. The lowest BCUT2D eigenvalue weighted by molar-refractivity contribution is 0.0256. The molecule has 1 N–H and O–H groups in total. The molecule has 0 aromatic rings. The Morgan fingerprint density at radius 1 is 1.32 bits per heavy atom. The second kappa shape index (κ2) is 7.70. The number of methoxy groups -OCH3 is 1. The number of nitrogens with one attached hydrogen (secondary N) is 1. The van der Waals surface area contributed by atoms with E-state index in [4.69, 9.17) is 9.47 Å². The van der Waals surface area contributed by atoms with Gasteiger partial charge in [-0.05, 0) is 40.0 Å². The molecule has 1 aliphatic rings. The van der Waals surface area contributed by atoms with Gasteiger partial charge in [-0.3, -0.25) is 0 Å². The standard InChI is InChI=1S/C14H28N2O3/c1-14(2,3)19-13(17)16-9-5-6-12(7-10-16)15-8-11-18-4/h12,15H,5-11H2,1-4H3/t12-/m0/s1. The molecule has 1 saturated heterocycles. The van der Waals surface area contributed by atoms with E-state index in [1.165, 1.54) is 0 Å². The lowest BCUT2D eigenvalue weighted by atomic mass is 10.1. The van der Waals surface area contributed by atoms with E-state index in [1.54, 1.807) is 7.11 Å². The lowest BCUT2D eigenvalue weighted by Gasteiger charge is -2.26. The smallest absolute Gasteiger partial charge is 0.410 e. The van der Waals surface area contributed by atoms with E-state index in [9.17, 15) is 4.79 Å². The predicted octanol–water partition coefficient (Wildman–Crippen LogP) is 2.01. The highest BCUT2D eigenvalue weighted by molar-refractivity contribution is 5.68. The predicted molar refractivity (Wildman–Crippen MR) is 75.3 cm³/mol. The number of amides is 1. The Bertz CT molecular complexity index is 276. The van der Waals surface area contributed by atoms with E-state index in [2.05, 4.69) is 5.32 Å². The molecule has 1 aliphatic heterocycles. The van der Waals surface area contributed by atoms with Gasteiger partial charge in [-0.2, -0.15) is 0 Å². The molecule has 0 aromatic carbocycles. The summed E-state index contributed by atoms with van der Waals surface area (Å²) < 4.78 is 10.4. The molecule has 19 heavy (non-hydrogen) atoms. The van der Waals surface area contributed by atoms with Gasteiger partial charge in [0.05, 0.1) is 6.61 Å². The van der Waals surface area contributed by atoms with Crippen molar-refractivity contribution >= 4 is 6.09 Å². The van der Waals surface area contributed by atoms with Crippen molar-refractivity contribution < 1.29 is 14.3 Å². The maximum absolute atomic E-state index is 12.0. The van der Waals surface area contributed by atoms with Crippen LogP contribution in [0.15, 0.2) is 0 Å². The number of carbonyl (C=O) groups excluding carboxylic acids is 1. The molecule has 1 fully saturated rings. The van der Waals surface area contributed by atoms with Crippen molar-refractivity contribution in [2.45, 2.75) is 51.7 Å². The molecule has 112 valence electrons. The average molecular weight is 272 g/mol. The first-order valence-corrected chi connectivity index (χ1v) is 7.12. The second-order valence-electron chi connectivity index (χ2n) is 6.04. The Labute approximate surface area is 116 Å². The van der Waals surface area contributed by atoms with E-state index < -0.39 is 5.60 Å². The van der Waals surface area contributed by atoms with Crippen molar-refractivity contribution in [3.63, 3.8) is 0 Å².